The molecule has 0 spiro atoms. The highest BCUT2D eigenvalue weighted by Gasteiger charge is 2.26. The molecule has 0 bridgehead atoms. The zero-order chi connectivity index (χ0) is 12.1. The second-order valence-corrected chi connectivity index (χ2v) is 6.69. The Labute approximate surface area is 103 Å². The molecule has 1 amide bonds. The van der Waals surface area contributed by atoms with Crippen molar-refractivity contribution in [3.63, 3.8) is 0 Å². The normalized spacial score (nSPS) is 27.9. The smallest absolute Gasteiger partial charge is 0.224 e. The fourth-order valence-corrected chi connectivity index (χ4v) is 3.53. The molecule has 1 saturated heterocycles. The van der Waals surface area contributed by atoms with E-state index in [0.717, 1.165) is 25.9 Å². The number of carbonyl (C=O) groups excluding carboxylic acids is 1. The summed E-state index contributed by atoms with van der Waals surface area (Å²) >= 11 is 1.97. The standard InChI is InChI=1S/C12H24N2OS/c1-4-5-11(13)6-12(15)14-7-9(2)16-10(3)8-14/h9-11H,4-8,13H2,1-3H3. The monoisotopic (exact) mass is 244 g/mol. The zero-order valence-electron chi connectivity index (χ0n) is 10.6. The number of hydrogen-bond acceptors (Lipinski definition) is 3. The number of amides is 1. The van der Waals surface area contributed by atoms with Gasteiger partial charge in [0, 0.05) is 36.1 Å². The van der Waals surface area contributed by atoms with Gasteiger partial charge >= 0.3 is 0 Å². The molecule has 1 aliphatic rings. The number of hydrogen-bond donors (Lipinski definition) is 1. The molecule has 94 valence electrons. The van der Waals surface area contributed by atoms with Crippen molar-refractivity contribution in [1.82, 2.24) is 4.90 Å². The van der Waals surface area contributed by atoms with E-state index in [4.69, 9.17) is 5.73 Å². The Balaban J connectivity index is 2.40. The molecular weight excluding hydrogens is 220 g/mol. The van der Waals surface area contributed by atoms with Gasteiger partial charge in [0.2, 0.25) is 5.91 Å². The average Bonchev–Trinajstić information content (AvgIpc) is 2.16. The number of carbonyl (C=O) groups is 1. The van der Waals surface area contributed by atoms with E-state index in [1.807, 2.05) is 16.7 Å². The van der Waals surface area contributed by atoms with Crippen molar-refractivity contribution in [3.05, 3.63) is 0 Å². The first kappa shape index (κ1) is 13.8. The predicted octanol–water partition coefficient (Wildman–Crippen LogP) is 1.86. The summed E-state index contributed by atoms with van der Waals surface area (Å²) in [5.41, 5.74) is 5.91. The van der Waals surface area contributed by atoms with E-state index in [0.29, 0.717) is 16.9 Å². The summed E-state index contributed by atoms with van der Waals surface area (Å²) in [6, 6.07) is 0.0395. The van der Waals surface area contributed by atoms with Crippen LogP contribution in [0.15, 0.2) is 0 Å². The van der Waals surface area contributed by atoms with Crippen molar-refractivity contribution >= 4 is 17.7 Å². The van der Waals surface area contributed by atoms with Crippen LogP contribution in [-0.4, -0.2) is 40.4 Å². The van der Waals surface area contributed by atoms with Gasteiger partial charge in [-0.15, -0.1) is 0 Å². The number of thioether (sulfide) groups is 1. The van der Waals surface area contributed by atoms with Crippen LogP contribution in [0.25, 0.3) is 0 Å². The molecule has 0 aromatic rings. The van der Waals surface area contributed by atoms with E-state index in [1.165, 1.54) is 0 Å². The topological polar surface area (TPSA) is 46.3 Å². The second kappa shape index (κ2) is 6.50. The lowest BCUT2D eigenvalue weighted by Gasteiger charge is -2.35. The van der Waals surface area contributed by atoms with E-state index in [9.17, 15) is 4.79 Å². The van der Waals surface area contributed by atoms with Crippen molar-refractivity contribution in [2.24, 2.45) is 5.73 Å². The molecule has 0 aromatic heterocycles. The zero-order valence-corrected chi connectivity index (χ0v) is 11.4. The summed E-state index contributed by atoms with van der Waals surface area (Å²) in [7, 11) is 0. The molecule has 2 N–H and O–H groups in total. The molecule has 0 aromatic carbocycles. The van der Waals surface area contributed by atoms with Crippen LogP contribution in [0.3, 0.4) is 0 Å². The lowest BCUT2D eigenvalue weighted by Crippen LogP contribution is -2.45. The largest absolute Gasteiger partial charge is 0.340 e. The van der Waals surface area contributed by atoms with Crippen LogP contribution < -0.4 is 5.73 Å². The highest BCUT2D eigenvalue weighted by molar-refractivity contribution is 8.00. The number of nitrogens with zero attached hydrogens (tertiary/aromatic N) is 1. The maximum Gasteiger partial charge on any atom is 0.224 e. The van der Waals surface area contributed by atoms with E-state index in [1.54, 1.807) is 0 Å². The Morgan fingerprint density at radius 2 is 2.00 bits per heavy atom. The molecule has 3 nitrogen and oxygen atoms in total. The SMILES string of the molecule is CCCC(N)CC(=O)N1CC(C)SC(C)C1. The van der Waals surface area contributed by atoms with Gasteiger partial charge in [0.15, 0.2) is 0 Å². The van der Waals surface area contributed by atoms with Gasteiger partial charge in [-0.2, -0.15) is 11.8 Å². The fourth-order valence-electron chi connectivity index (χ4n) is 2.21. The third-order valence-electron chi connectivity index (χ3n) is 2.87. The van der Waals surface area contributed by atoms with Crippen molar-refractivity contribution < 1.29 is 4.79 Å². The summed E-state index contributed by atoms with van der Waals surface area (Å²) in [6.45, 7) is 8.24. The Morgan fingerprint density at radius 3 is 2.50 bits per heavy atom. The molecule has 0 aliphatic carbocycles. The molecule has 3 atom stereocenters. The quantitative estimate of drug-likeness (QED) is 0.821. The van der Waals surface area contributed by atoms with Crippen LogP contribution in [0, 0.1) is 0 Å². The van der Waals surface area contributed by atoms with E-state index in [-0.39, 0.29) is 11.9 Å². The Kier molecular flexibility index (Phi) is 5.62. The first-order chi connectivity index (χ1) is 7.52. The van der Waals surface area contributed by atoms with Crippen LogP contribution >= 0.6 is 11.8 Å². The van der Waals surface area contributed by atoms with Gasteiger partial charge in [-0.1, -0.05) is 27.2 Å². The first-order valence-electron chi connectivity index (χ1n) is 6.21. The Bertz CT molecular complexity index is 225. The van der Waals surface area contributed by atoms with Gasteiger partial charge in [-0.25, -0.2) is 0 Å². The van der Waals surface area contributed by atoms with Crippen molar-refractivity contribution in [2.45, 2.75) is 56.6 Å². The van der Waals surface area contributed by atoms with Gasteiger partial charge in [-0.3, -0.25) is 4.79 Å². The molecular formula is C12H24N2OS. The van der Waals surface area contributed by atoms with Crippen LogP contribution in [0.1, 0.15) is 40.0 Å². The predicted molar refractivity (Wildman–Crippen MR) is 70.6 cm³/mol. The summed E-state index contributed by atoms with van der Waals surface area (Å²) in [6.07, 6.45) is 2.51. The molecule has 0 saturated carbocycles. The minimum atomic E-state index is 0.0395. The lowest BCUT2D eigenvalue weighted by atomic mass is 10.1. The maximum absolute atomic E-state index is 12.0. The Morgan fingerprint density at radius 1 is 1.44 bits per heavy atom. The minimum absolute atomic E-state index is 0.0395. The fraction of sp³-hybridized carbons (Fsp3) is 0.917. The van der Waals surface area contributed by atoms with Crippen LogP contribution in [-0.2, 0) is 4.79 Å². The Hall–Kier alpha value is -0.220. The van der Waals surface area contributed by atoms with Gasteiger partial charge in [0.1, 0.15) is 0 Å². The van der Waals surface area contributed by atoms with Gasteiger partial charge in [0.25, 0.3) is 0 Å². The van der Waals surface area contributed by atoms with E-state index in [2.05, 4.69) is 20.8 Å². The second-order valence-electron chi connectivity index (χ2n) is 4.81. The van der Waals surface area contributed by atoms with Crippen molar-refractivity contribution in [2.75, 3.05) is 13.1 Å². The number of rotatable bonds is 4. The molecule has 16 heavy (non-hydrogen) atoms. The first-order valence-corrected chi connectivity index (χ1v) is 7.16. The van der Waals surface area contributed by atoms with Gasteiger partial charge < -0.3 is 10.6 Å². The molecule has 1 rings (SSSR count). The molecule has 1 fully saturated rings. The molecule has 0 radical (unpaired) electrons. The van der Waals surface area contributed by atoms with E-state index >= 15 is 0 Å². The van der Waals surface area contributed by atoms with Crippen LogP contribution in [0.5, 0.6) is 0 Å². The minimum Gasteiger partial charge on any atom is -0.340 e. The molecule has 1 heterocycles. The highest BCUT2D eigenvalue weighted by Crippen LogP contribution is 2.25. The summed E-state index contributed by atoms with van der Waals surface area (Å²) in [5, 5.41) is 1.10. The molecule has 3 unspecified atom stereocenters. The number of nitrogens with two attached hydrogens (primary N) is 1. The van der Waals surface area contributed by atoms with Crippen molar-refractivity contribution in [3.8, 4) is 0 Å². The summed E-state index contributed by atoms with van der Waals surface area (Å²) in [4.78, 5) is 14.0. The van der Waals surface area contributed by atoms with Crippen LogP contribution in [0.2, 0.25) is 0 Å². The summed E-state index contributed by atoms with van der Waals surface area (Å²) < 4.78 is 0. The molecule has 4 heteroatoms. The molecule has 1 aliphatic heterocycles. The van der Waals surface area contributed by atoms with Crippen molar-refractivity contribution in [1.29, 1.82) is 0 Å². The van der Waals surface area contributed by atoms with Crippen LogP contribution in [0.4, 0.5) is 0 Å². The third-order valence-corrected chi connectivity index (χ3v) is 4.10. The van der Waals surface area contributed by atoms with Gasteiger partial charge in [-0.05, 0) is 6.42 Å². The average molecular weight is 244 g/mol. The van der Waals surface area contributed by atoms with E-state index < -0.39 is 0 Å². The maximum atomic E-state index is 12.0. The lowest BCUT2D eigenvalue weighted by molar-refractivity contribution is -0.131. The summed E-state index contributed by atoms with van der Waals surface area (Å²) in [5.74, 6) is 0.236. The third kappa shape index (κ3) is 4.34. The highest BCUT2D eigenvalue weighted by atomic mass is 32.2. The van der Waals surface area contributed by atoms with Gasteiger partial charge in [0.05, 0.1) is 0 Å².